The lowest BCUT2D eigenvalue weighted by atomic mass is 10.2. The highest BCUT2D eigenvalue weighted by molar-refractivity contribution is 8.00. The molecular weight excluding hydrogens is 400 g/mol. The van der Waals surface area contributed by atoms with Crippen LogP contribution in [-0.2, 0) is 14.3 Å². The van der Waals surface area contributed by atoms with E-state index in [-0.39, 0.29) is 23.0 Å². The fourth-order valence-corrected chi connectivity index (χ4v) is 3.45. The van der Waals surface area contributed by atoms with Gasteiger partial charge >= 0.3 is 5.97 Å². The largest absolute Gasteiger partial charge is 0.462 e. The molecule has 30 heavy (non-hydrogen) atoms. The molecular formula is C23H28N2O4S. The molecule has 2 aromatic carbocycles. The van der Waals surface area contributed by atoms with Crippen molar-refractivity contribution in [3.05, 3.63) is 54.1 Å². The van der Waals surface area contributed by atoms with Gasteiger partial charge in [-0.25, -0.2) is 4.79 Å². The van der Waals surface area contributed by atoms with E-state index in [0.29, 0.717) is 24.3 Å². The predicted octanol–water partition coefficient (Wildman–Crippen LogP) is 5.11. The highest BCUT2D eigenvalue weighted by atomic mass is 32.2. The third kappa shape index (κ3) is 7.55. The van der Waals surface area contributed by atoms with Crippen molar-refractivity contribution >= 4 is 40.9 Å². The number of carbonyl (C=O) groups is 3. The van der Waals surface area contributed by atoms with Gasteiger partial charge in [0.05, 0.1) is 17.4 Å². The number of unbranched alkanes of at least 4 members (excludes halogenated alkanes) is 1. The second-order valence-electron chi connectivity index (χ2n) is 6.72. The standard InChI is InChI=1S/C23H28N2O4S/c1-4-6-7-21(26)24-18-12-14-20(15-13-18)30-16(3)22(27)25-19-10-8-17(9-11-19)23(28)29-5-2/h8-16H,4-7H2,1-3H3,(H,24,26)(H,25,27). The fraction of sp³-hybridized carbons (Fsp3) is 0.348. The van der Waals surface area contributed by atoms with Crippen molar-refractivity contribution < 1.29 is 19.1 Å². The number of benzene rings is 2. The van der Waals surface area contributed by atoms with Crippen LogP contribution < -0.4 is 10.6 Å². The molecule has 1 unspecified atom stereocenters. The average molecular weight is 429 g/mol. The molecule has 7 heteroatoms. The van der Waals surface area contributed by atoms with E-state index in [1.807, 2.05) is 31.2 Å². The Morgan fingerprint density at radius 2 is 1.53 bits per heavy atom. The van der Waals surface area contributed by atoms with Crippen LogP contribution in [0.25, 0.3) is 0 Å². The van der Waals surface area contributed by atoms with Crippen LogP contribution in [0.1, 0.15) is 50.4 Å². The van der Waals surface area contributed by atoms with Gasteiger partial charge in [-0.15, -0.1) is 11.8 Å². The molecule has 0 aliphatic heterocycles. The van der Waals surface area contributed by atoms with Crippen LogP contribution in [0.3, 0.4) is 0 Å². The number of amides is 2. The number of nitrogens with one attached hydrogen (secondary N) is 2. The molecule has 0 spiro atoms. The van der Waals surface area contributed by atoms with Crippen molar-refractivity contribution in [1.82, 2.24) is 0 Å². The Bertz CT molecular complexity index is 851. The van der Waals surface area contributed by atoms with Gasteiger partial charge in [0.15, 0.2) is 0 Å². The lowest BCUT2D eigenvalue weighted by molar-refractivity contribution is -0.116. The van der Waals surface area contributed by atoms with Crippen LogP contribution in [0.2, 0.25) is 0 Å². The molecule has 2 N–H and O–H groups in total. The van der Waals surface area contributed by atoms with Crippen molar-refractivity contribution in [1.29, 1.82) is 0 Å². The summed E-state index contributed by atoms with van der Waals surface area (Å²) in [6.45, 7) is 5.95. The zero-order valence-electron chi connectivity index (χ0n) is 17.6. The molecule has 0 saturated carbocycles. The molecule has 0 heterocycles. The Morgan fingerprint density at radius 1 is 0.933 bits per heavy atom. The second-order valence-corrected chi connectivity index (χ2v) is 8.14. The predicted molar refractivity (Wildman–Crippen MR) is 121 cm³/mol. The first-order valence-corrected chi connectivity index (χ1v) is 11.0. The summed E-state index contributed by atoms with van der Waals surface area (Å²) in [5.74, 6) is -0.510. The van der Waals surface area contributed by atoms with Crippen molar-refractivity contribution in [2.24, 2.45) is 0 Å². The van der Waals surface area contributed by atoms with Crippen LogP contribution in [-0.4, -0.2) is 29.6 Å². The summed E-state index contributed by atoms with van der Waals surface area (Å²) < 4.78 is 4.95. The van der Waals surface area contributed by atoms with E-state index >= 15 is 0 Å². The molecule has 6 nitrogen and oxygen atoms in total. The highest BCUT2D eigenvalue weighted by Crippen LogP contribution is 2.26. The van der Waals surface area contributed by atoms with Crippen molar-refractivity contribution in [2.75, 3.05) is 17.2 Å². The normalized spacial score (nSPS) is 11.4. The van der Waals surface area contributed by atoms with Gasteiger partial charge < -0.3 is 15.4 Å². The summed E-state index contributed by atoms with van der Waals surface area (Å²) in [4.78, 5) is 36.9. The zero-order chi connectivity index (χ0) is 21.9. The maximum absolute atomic E-state index is 12.5. The number of ether oxygens (including phenoxy) is 1. The van der Waals surface area contributed by atoms with Gasteiger partial charge in [-0.1, -0.05) is 13.3 Å². The lowest BCUT2D eigenvalue weighted by Gasteiger charge is -2.13. The van der Waals surface area contributed by atoms with E-state index in [9.17, 15) is 14.4 Å². The van der Waals surface area contributed by atoms with Crippen LogP contribution in [0, 0.1) is 0 Å². The minimum Gasteiger partial charge on any atom is -0.462 e. The maximum atomic E-state index is 12.5. The van der Waals surface area contributed by atoms with Crippen LogP contribution in [0.5, 0.6) is 0 Å². The van der Waals surface area contributed by atoms with Gasteiger partial charge in [-0.3, -0.25) is 9.59 Å². The molecule has 0 aromatic heterocycles. The first kappa shape index (κ1) is 23.5. The third-order valence-electron chi connectivity index (χ3n) is 4.24. The number of anilines is 2. The Hall–Kier alpha value is -2.80. The van der Waals surface area contributed by atoms with Gasteiger partial charge in [-0.2, -0.15) is 0 Å². The first-order chi connectivity index (χ1) is 14.4. The summed E-state index contributed by atoms with van der Waals surface area (Å²) in [5, 5.41) is 5.40. The van der Waals surface area contributed by atoms with E-state index < -0.39 is 0 Å². The Balaban J connectivity index is 1.86. The highest BCUT2D eigenvalue weighted by Gasteiger charge is 2.15. The summed E-state index contributed by atoms with van der Waals surface area (Å²) in [5.41, 5.74) is 1.81. The van der Waals surface area contributed by atoms with Gasteiger partial charge in [0.25, 0.3) is 0 Å². The smallest absolute Gasteiger partial charge is 0.338 e. The minimum atomic E-state index is -0.385. The van der Waals surface area contributed by atoms with E-state index in [0.717, 1.165) is 23.4 Å². The van der Waals surface area contributed by atoms with Crippen LogP contribution in [0.15, 0.2) is 53.4 Å². The Labute approximate surface area is 181 Å². The first-order valence-electron chi connectivity index (χ1n) is 10.1. The summed E-state index contributed by atoms with van der Waals surface area (Å²) in [6.07, 6.45) is 2.38. The lowest BCUT2D eigenvalue weighted by Crippen LogP contribution is -2.22. The van der Waals surface area contributed by atoms with Crippen molar-refractivity contribution in [2.45, 2.75) is 50.2 Å². The zero-order valence-corrected chi connectivity index (χ0v) is 18.4. The van der Waals surface area contributed by atoms with Crippen molar-refractivity contribution in [3.8, 4) is 0 Å². The molecule has 1 atom stereocenters. The van der Waals surface area contributed by atoms with Gasteiger partial charge in [0, 0.05) is 22.7 Å². The van der Waals surface area contributed by atoms with Crippen LogP contribution in [0.4, 0.5) is 11.4 Å². The van der Waals surface area contributed by atoms with E-state index in [1.165, 1.54) is 11.8 Å². The third-order valence-corrected chi connectivity index (χ3v) is 5.35. The summed E-state index contributed by atoms with van der Waals surface area (Å²) in [6, 6.07) is 14.1. The number of carbonyl (C=O) groups excluding carboxylic acids is 3. The second kappa shape index (κ2) is 12.0. The summed E-state index contributed by atoms with van der Waals surface area (Å²) in [7, 11) is 0. The topological polar surface area (TPSA) is 84.5 Å². The quantitative estimate of drug-likeness (QED) is 0.406. The molecule has 160 valence electrons. The van der Waals surface area contributed by atoms with E-state index in [2.05, 4.69) is 17.6 Å². The molecule has 2 aromatic rings. The van der Waals surface area contributed by atoms with Gasteiger partial charge in [0.1, 0.15) is 0 Å². The van der Waals surface area contributed by atoms with Gasteiger partial charge in [-0.05, 0) is 68.8 Å². The van der Waals surface area contributed by atoms with E-state index in [1.54, 1.807) is 31.2 Å². The number of rotatable bonds is 10. The van der Waals surface area contributed by atoms with E-state index in [4.69, 9.17) is 4.74 Å². The van der Waals surface area contributed by atoms with Crippen molar-refractivity contribution in [3.63, 3.8) is 0 Å². The number of hydrogen-bond donors (Lipinski definition) is 2. The van der Waals surface area contributed by atoms with Crippen LogP contribution >= 0.6 is 11.8 Å². The average Bonchev–Trinajstić information content (AvgIpc) is 2.74. The molecule has 0 bridgehead atoms. The fourth-order valence-electron chi connectivity index (χ4n) is 2.58. The molecule has 0 aliphatic carbocycles. The van der Waals surface area contributed by atoms with Gasteiger partial charge in [0.2, 0.25) is 11.8 Å². The Kier molecular flexibility index (Phi) is 9.41. The minimum absolute atomic E-state index is 0.0129. The maximum Gasteiger partial charge on any atom is 0.338 e. The SMILES string of the molecule is CCCCC(=O)Nc1ccc(SC(C)C(=O)Nc2ccc(C(=O)OCC)cc2)cc1. The molecule has 2 amide bonds. The summed E-state index contributed by atoms with van der Waals surface area (Å²) >= 11 is 1.43. The number of esters is 1. The molecule has 0 fully saturated rings. The molecule has 0 radical (unpaired) electrons. The molecule has 0 aliphatic rings. The molecule has 2 rings (SSSR count). The molecule has 0 saturated heterocycles. The Morgan fingerprint density at radius 3 is 2.13 bits per heavy atom. The number of hydrogen-bond acceptors (Lipinski definition) is 5. The number of thioether (sulfide) groups is 1. The monoisotopic (exact) mass is 428 g/mol.